The summed E-state index contributed by atoms with van der Waals surface area (Å²) < 4.78 is 0. The smallest absolute Gasteiger partial charge is 0.110 e. The van der Waals surface area contributed by atoms with Gasteiger partial charge in [-0.3, -0.25) is 0 Å². The Kier molecular flexibility index (Phi) is 4.10. The lowest BCUT2D eigenvalue weighted by atomic mass is 9.83. The molecule has 1 nitrogen and oxygen atoms in total. The highest BCUT2D eigenvalue weighted by Gasteiger charge is 2.28. The molecule has 0 radical (unpaired) electrons. The van der Waals surface area contributed by atoms with Gasteiger partial charge < -0.3 is 5.11 Å². The molecule has 0 heterocycles. The maximum atomic E-state index is 10.6. The van der Waals surface area contributed by atoms with Crippen molar-refractivity contribution in [1.29, 1.82) is 0 Å². The average molecular weight is 204 g/mol. The number of hydrogen-bond acceptors (Lipinski definition) is 1. The average Bonchev–Trinajstić information content (AvgIpc) is 2.27. The first-order valence-corrected chi connectivity index (χ1v) is 5.55. The lowest BCUT2D eigenvalue weighted by molar-refractivity contribution is 0.0645. The summed E-state index contributed by atoms with van der Waals surface area (Å²) in [5.74, 6) is 0. The van der Waals surface area contributed by atoms with E-state index in [1.165, 1.54) is 0 Å². The zero-order valence-corrected chi connectivity index (χ0v) is 9.66. The predicted molar refractivity (Wildman–Crippen MR) is 64.7 cm³/mol. The van der Waals surface area contributed by atoms with Gasteiger partial charge in [-0.25, -0.2) is 0 Å². The summed E-state index contributed by atoms with van der Waals surface area (Å²) in [5.41, 5.74) is 0.921. The first-order chi connectivity index (χ1) is 7.11. The zero-order valence-electron chi connectivity index (χ0n) is 9.66. The molecule has 1 atom stereocenters. The topological polar surface area (TPSA) is 20.2 Å². The second kappa shape index (κ2) is 5.13. The van der Waals surface area contributed by atoms with Crippen LogP contribution < -0.4 is 0 Å². The van der Waals surface area contributed by atoms with Crippen LogP contribution in [0.1, 0.15) is 38.7 Å². The van der Waals surface area contributed by atoms with Crippen molar-refractivity contribution >= 4 is 0 Å². The highest BCUT2D eigenvalue weighted by molar-refractivity contribution is 5.30. The Bertz CT molecular complexity index is 315. The van der Waals surface area contributed by atoms with Crippen LogP contribution in [0.25, 0.3) is 0 Å². The van der Waals surface area contributed by atoms with E-state index in [-0.39, 0.29) is 0 Å². The molecule has 0 saturated heterocycles. The summed E-state index contributed by atoms with van der Waals surface area (Å²) in [4.78, 5) is 0. The molecule has 1 rings (SSSR count). The number of benzene rings is 1. The van der Waals surface area contributed by atoms with Crippen molar-refractivity contribution in [3.8, 4) is 0 Å². The van der Waals surface area contributed by atoms with Gasteiger partial charge in [0.25, 0.3) is 0 Å². The molecule has 82 valence electrons. The van der Waals surface area contributed by atoms with Crippen molar-refractivity contribution < 1.29 is 5.11 Å². The quantitative estimate of drug-likeness (QED) is 0.726. The molecule has 0 amide bonds. The molecule has 0 aliphatic carbocycles. The minimum atomic E-state index is -0.850. The summed E-state index contributed by atoms with van der Waals surface area (Å²) in [7, 11) is 0. The van der Waals surface area contributed by atoms with E-state index in [2.05, 4.69) is 13.5 Å². The summed E-state index contributed by atoms with van der Waals surface area (Å²) in [6.07, 6.45) is 2.85. The fourth-order valence-electron chi connectivity index (χ4n) is 1.75. The molecule has 1 aromatic rings. The maximum absolute atomic E-state index is 10.6. The van der Waals surface area contributed by atoms with Gasteiger partial charge >= 0.3 is 0 Å². The minimum Gasteiger partial charge on any atom is -0.381 e. The van der Waals surface area contributed by atoms with Gasteiger partial charge in [0.1, 0.15) is 5.60 Å². The zero-order chi connectivity index (χ0) is 11.3. The van der Waals surface area contributed by atoms with Crippen molar-refractivity contribution in [2.45, 2.75) is 38.7 Å². The maximum Gasteiger partial charge on any atom is 0.110 e. The van der Waals surface area contributed by atoms with Gasteiger partial charge in [0.05, 0.1) is 0 Å². The van der Waals surface area contributed by atoms with Gasteiger partial charge in [0.15, 0.2) is 0 Å². The van der Waals surface area contributed by atoms with Crippen LogP contribution in [0.5, 0.6) is 0 Å². The summed E-state index contributed by atoms with van der Waals surface area (Å²) in [6.45, 7) is 7.93. The van der Waals surface area contributed by atoms with Crippen molar-refractivity contribution in [3.05, 3.63) is 48.0 Å². The Hall–Kier alpha value is -1.08. The molecule has 1 aromatic carbocycles. The van der Waals surface area contributed by atoms with Gasteiger partial charge in [-0.2, -0.15) is 0 Å². The van der Waals surface area contributed by atoms with Gasteiger partial charge in [-0.15, -0.1) is 0 Å². The summed E-state index contributed by atoms with van der Waals surface area (Å²) >= 11 is 0. The second-order valence-electron chi connectivity index (χ2n) is 4.11. The highest BCUT2D eigenvalue weighted by Crippen LogP contribution is 2.33. The Morgan fingerprint density at radius 2 is 1.93 bits per heavy atom. The first-order valence-electron chi connectivity index (χ1n) is 5.55. The minimum absolute atomic E-state index is 0.753. The van der Waals surface area contributed by atoms with Crippen LogP contribution in [-0.4, -0.2) is 5.11 Å². The third-order valence-corrected chi connectivity index (χ3v) is 2.85. The van der Waals surface area contributed by atoms with Crippen LogP contribution in [0, 0.1) is 0 Å². The first kappa shape index (κ1) is 12.0. The van der Waals surface area contributed by atoms with Gasteiger partial charge in [0, 0.05) is 0 Å². The lowest BCUT2D eigenvalue weighted by Gasteiger charge is -2.29. The van der Waals surface area contributed by atoms with E-state index in [4.69, 9.17) is 0 Å². The van der Waals surface area contributed by atoms with Crippen molar-refractivity contribution in [2.75, 3.05) is 0 Å². The van der Waals surface area contributed by atoms with Crippen molar-refractivity contribution in [3.63, 3.8) is 0 Å². The number of rotatable bonds is 5. The summed E-state index contributed by atoms with van der Waals surface area (Å²) in [6, 6.07) is 9.79. The monoisotopic (exact) mass is 204 g/mol. The van der Waals surface area contributed by atoms with E-state index < -0.39 is 5.60 Å². The van der Waals surface area contributed by atoms with E-state index in [1.54, 1.807) is 0 Å². The molecular formula is C14H20O. The number of unbranched alkanes of at least 4 members (excludes halogenated alkanes) is 1. The van der Waals surface area contributed by atoms with Crippen LogP contribution in [0.4, 0.5) is 0 Å². The largest absolute Gasteiger partial charge is 0.381 e. The van der Waals surface area contributed by atoms with Crippen LogP contribution in [0.3, 0.4) is 0 Å². The van der Waals surface area contributed by atoms with Crippen LogP contribution in [0.15, 0.2) is 42.5 Å². The van der Waals surface area contributed by atoms with Crippen LogP contribution in [0.2, 0.25) is 0 Å². The van der Waals surface area contributed by atoms with Crippen molar-refractivity contribution in [2.24, 2.45) is 0 Å². The molecule has 1 unspecified atom stereocenters. The fourth-order valence-corrected chi connectivity index (χ4v) is 1.75. The highest BCUT2D eigenvalue weighted by atomic mass is 16.3. The van der Waals surface area contributed by atoms with Crippen molar-refractivity contribution in [1.82, 2.24) is 0 Å². The number of aliphatic hydroxyl groups is 1. The van der Waals surface area contributed by atoms with Crippen LogP contribution >= 0.6 is 0 Å². The molecular weight excluding hydrogens is 184 g/mol. The molecule has 0 fully saturated rings. The molecule has 1 heteroatoms. The Labute approximate surface area is 92.5 Å². The lowest BCUT2D eigenvalue weighted by Crippen LogP contribution is -2.26. The van der Waals surface area contributed by atoms with Gasteiger partial charge in [-0.1, -0.05) is 56.7 Å². The molecule has 1 N–H and O–H groups in total. The SMILES string of the molecule is C=C(C)C(O)(CCCC)c1ccccc1. The number of hydrogen-bond donors (Lipinski definition) is 1. The fraction of sp³-hybridized carbons (Fsp3) is 0.429. The normalized spacial score (nSPS) is 14.6. The van der Waals surface area contributed by atoms with E-state index >= 15 is 0 Å². The molecule has 0 aliphatic rings. The van der Waals surface area contributed by atoms with E-state index in [9.17, 15) is 5.11 Å². The third kappa shape index (κ3) is 2.69. The van der Waals surface area contributed by atoms with Gasteiger partial charge in [-0.05, 0) is 24.5 Å². The second-order valence-corrected chi connectivity index (χ2v) is 4.11. The molecule has 15 heavy (non-hydrogen) atoms. The van der Waals surface area contributed by atoms with E-state index in [1.807, 2.05) is 37.3 Å². The van der Waals surface area contributed by atoms with E-state index in [0.717, 1.165) is 30.4 Å². The van der Waals surface area contributed by atoms with E-state index in [0.29, 0.717) is 0 Å². The Balaban J connectivity index is 2.96. The Morgan fingerprint density at radius 1 is 1.33 bits per heavy atom. The molecule has 0 spiro atoms. The third-order valence-electron chi connectivity index (χ3n) is 2.85. The van der Waals surface area contributed by atoms with Crippen LogP contribution in [-0.2, 0) is 5.60 Å². The molecule has 0 aliphatic heterocycles. The summed E-state index contributed by atoms with van der Waals surface area (Å²) in [5, 5.41) is 10.6. The molecule has 0 saturated carbocycles. The molecule has 0 bridgehead atoms. The Morgan fingerprint density at radius 3 is 2.40 bits per heavy atom. The standard InChI is InChI=1S/C14H20O/c1-4-5-11-14(15,12(2)3)13-9-7-6-8-10-13/h6-10,15H,2,4-5,11H2,1,3H3. The molecule has 0 aromatic heterocycles. The van der Waals surface area contributed by atoms with Gasteiger partial charge in [0.2, 0.25) is 0 Å². The predicted octanol–water partition coefficient (Wildman–Crippen LogP) is 3.64.